The first-order valence-corrected chi connectivity index (χ1v) is 11.6. The van der Waals surface area contributed by atoms with E-state index in [1.807, 2.05) is 18.2 Å². The summed E-state index contributed by atoms with van der Waals surface area (Å²) in [6.45, 7) is 3.84. The van der Waals surface area contributed by atoms with Gasteiger partial charge in [-0.3, -0.25) is 14.5 Å². The topological polar surface area (TPSA) is 83.6 Å². The van der Waals surface area contributed by atoms with Crippen molar-refractivity contribution in [2.75, 3.05) is 4.90 Å². The summed E-state index contributed by atoms with van der Waals surface area (Å²) in [6.07, 6.45) is 0.875. The predicted octanol–water partition coefficient (Wildman–Crippen LogP) is 6.04. The number of aromatic nitrogens is 1. The van der Waals surface area contributed by atoms with Crippen LogP contribution in [0.25, 0.3) is 16.0 Å². The molecule has 0 radical (unpaired) electrons. The smallest absolute Gasteiger partial charge is 0.302 e. The maximum atomic E-state index is 13.2. The Hall–Kier alpha value is -3.42. The van der Waals surface area contributed by atoms with E-state index in [1.54, 1.807) is 43.3 Å². The molecule has 3 heterocycles. The molecule has 2 aromatic carbocycles. The molecule has 6 nitrogen and oxygen atoms in total. The number of aryl methyl sites for hydroxylation is 2. The SMILES string of the molecule is CCc1ccc2nc(N3C(=O)C(=O)/C(=C(/O)c4ccc(Cl)cc4)[C@H]3c3ccc(C)o3)sc2c1. The first-order chi connectivity index (χ1) is 15.9. The number of hydrogen-bond acceptors (Lipinski definition) is 6. The van der Waals surface area contributed by atoms with Crippen LogP contribution in [0.4, 0.5) is 5.13 Å². The Kier molecular flexibility index (Phi) is 5.31. The lowest BCUT2D eigenvalue weighted by atomic mass is 9.99. The van der Waals surface area contributed by atoms with Crippen molar-refractivity contribution in [3.63, 3.8) is 0 Å². The minimum atomic E-state index is -0.944. The van der Waals surface area contributed by atoms with Crippen LogP contribution in [0.15, 0.2) is 64.6 Å². The number of nitrogens with zero attached hydrogens (tertiary/aromatic N) is 2. The number of aliphatic hydroxyl groups excluding tert-OH is 1. The molecule has 1 atom stereocenters. The Morgan fingerprint density at radius 1 is 1.15 bits per heavy atom. The summed E-state index contributed by atoms with van der Waals surface area (Å²) in [6, 6.07) is 14.9. The average molecular weight is 479 g/mol. The van der Waals surface area contributed by atoms with Gasteiger partial charge in [0.2, 0.25) is 0 Å². The molecule has 1 aliphatic heterocycles. The highest BCUT2D eigenvalue weighted by Crippen LogP contribution is 2.44. The first-order valence-electron chi connectivity index (χ1n) is 10.4. The number of carbonyl (C=O) groups is 2. The number of amides is 1. The predicted molar refractivity (Wildman–Crippen MR) is 129 cm³/mol. The van der Waals surface area contributed by atoms with Crippen molar-refractivity contribution >= 4 is 55.7 Å². The number of ketones is 1. The van der Waals surface area contributed by atoms with Crippen LogP contribution in [-0.4, -0.2) is 21.8 Å². The molecule has 33 heavy (non-hydrogen) atoms. The van der Waals surface area contributed by atoms with Gasteiger partial charge in [-0.1, -0.05) is 35.9 Å². The van der Waals surface area contributed by atoms with Crippen LogP contribution >= 0.6 is 22.9 Å². The Morgan fingerprint density at radius 3 is 2.58 bits per heavy atom. The number of anilines is 1. The summed E-state index contributed by atoms with van der Waals surface area (Å²) in [5, 5.41) is 12.0. The lowest BCUT2D eigenvalue weighted by Crippen LogP contribution is -2.29. The van der Waals surface area contributed by atoms with E-state index < -0.39 is 17.7 Å². The molecule has 0 unspecified atom stereocenters. The van der Waals surface area contributed by atoms with Crippen LogP contribution in [-0.2, 0) is 16.0 Å². The third-order valence-electron chi connectivity index (χ3n) is 5.65. The van der Waals surface area contributed by atoms with Gasteiger partial charge < -0.3 is 9.52 Å². The van der Waals surface area contributed by atoms with Gasteiger partial charge in [-0.05, 0) is 67.4 Å². The van der Waals surface area contributed by atoms with Gasteiger partial charge in [-0.2, -0.15) is 0 Å². The zero-order valence-corrected chi connectivity index (χ0v) is 19.4. The number of rotatable bonds is 4. The highest BCUT2D eigenvalue weighted by molar-refractivity contribution is 7.22. The molecule has 1 amide bonds. The normalized spacial score (nSPS) is 17.9. The van der Waals surface area contributed by atoms with Crippen molar-refractivity contribution in [3.8, 4) is 0 Å². The molecule has 8 heteroatoms. The summed E-state index contributed by atoms with van der Waals surface area (Å²) in [5.74, 6) is -0.857. The molecule has 0 aliphatic carbocycles. The van der Waals surface area contributed by atoms with E-state index >= 15 is 0 Å². The number of thiazole rings is 1. The van der Waals surface area contributed by atoms with Gasteiger partial charge in [-0.15, -0.1) is 0 Å². The van der Waals surface area contributed by atoms with Crippen LogP contribution < -0.4 is 4.90 Å². The van der Waals surface area contributed by atoms with E-state index in [9.17, 15) is 14.7 Å². The van der Waals surface area contributed by atoms with E-state index in [0.717, 1.165) is 22.2 Å². The molecule has 5 rings (SSSR count). The van der Waals surface area contributed by atoms with Crippen LogP contribution in [0.2, 0.25) is 5.02 Å². The highest BCUT2D eigenvalue weighted by atomic mass is 35.5. The third-order valence-corrected chi connectivity index (χ3v) is 6.92. The molecule has 4 aromatic rings. The number of fused-ring (bicyclic) bond motifs is 1. The van der Waals surface area contributed by atoms with Crippen LogP contribution in [0.5, 0.6) is 0 Å². The van der Waals surface area contributed by atoms with Gasteiger partial charge in [-0.25, -0.2) is 4.98 Å². The van der Waals surface area contributed by atoms with Gasteiger partial charge in [0.1, 0.15) is 23.3 Å². The van der Waals surface area contributed by atoms with Crippen molar-refractivity contribution in [2.45, 2.75) is 26.3 Å². The Balaban J connectivity index is 1.70. The van der Waals surface area contributed by atoms with Gasteiger partial charge in [0, 0.05) is 10.6 Å². The van der Waals surface area contributed by atoms with E-state index in [2.05, 4.69) is 11.9 Å². The highest BCUT2D eigenvalue weighted by Gasteiger charge is 2.49. The summed E-state index contributed by atoms with van der Waals surface area (Å²) in [7, 11) is 0. The molecule has 0 saturated carbocycles. The molecule has 1 saturated heterocycles. The zero-order chi connectivity index (χ0) is 23.3. The Labute approximate surface area is 198 Å². The Bertz CT molecular complexity index is 1430. The lowest BCUT2D eigenvalue weighted by molar-refractivity contribution is -0.132. The summed E-state index contributed by atoms with van der Waals surface area (Å²) in [4.78, 5) is 32.3. The minimum Gasteiger partial charge on any atom is -0.507 e. The molecule has 166 valence electrons. The average Bonchev–Trinajstić information content (AvgIpc) is 3.49. The summed E-state index contributed by atoms with van der Waals surface area (Å²) >= 11 is 7.29. The van der Waals surface area contributed by atoms with E-state index in [-0.39, 0.29) is 11.3 Å². The molecule has 1 N–H and O–H groups in total. The molecular weight excluding hydrogens is 460 g/mol. The van der Waals surface area contributed by atoms with Crippen LogP contribution in [0.1, 0.15) is 35.6 Å². The third kappa shape index (κ3) is 3.63. The van der Waals surface area contributed by atoms with Crippen molar-refractivity contribution < 1.29 is 19.1 Å². The van der Waals surface area contributed by atoms with Crippen molar-refractivity contribution in [1.29, 1.82) is 0 Å². The maximum absolute atomic E-state index is 13.2. The Morgan fingerprint density at radius 2 is 1.91 bits per heavy atom. The number of furan rings is 1. The number of aliphatic hydroxyl groups is 1. The van der Waals surface area contributed by atoms with E-state index in [4.69, 9.17) is 16.0 Å². The number of benzene rings is 2. The van der Waals surface area contributed by atoms with Gasteiger partial charge in [0.15, 0.2) is 5.13 Å². The quantitative estimate of drug-likeness (QED) is 0.219. The first kappa shape index (κ1) is 21.4. The van der Waals surface area contributed by atoms with Crippen molar-refractivity contribution in [3.05, 3.63) is 87.8 Å². The van der Waals surface area contributed by atoms with Gasteiger partial charge in [0.25, 0.3) is 5.78 Å². The minimum absolute atomic E-state index is 0.0508. The lowest BCUT2D eigenvalue weighted by Gasteiger charge is -2.20. The van der Waals surface area contributed by atoms with Crippen molar-refractivity contribution in [2.24, 2.45) is 0 Å². The second-order valence-electron chi connectivity index (χ2n) is 7.78. The largest absolute Gasteiger partial charge is 0.507 e. The van der Waals surface area contributed by atoms with Crippen LogP contribution in [0, 0.1) is 6.92 Å². The van der Waals surface area contributed by atoms with E-state index in [1.165, 1.54) is 16.2 Å². The molecule has 2 aromatic heterocycles. The molecule has 1 fully saturated rings. The molecule has 0 bridgehead atoms. The number of carbonyl (C=O) groups excluding carboxylic acids is 2. The zero-order valence-electron chi connectivity index (χ0n) is 17.8. The molecule has 0 spiro atoms. The fourth-order valence-electron chi connectivity index (χ4n) is 3.94. The second kappa shape index (κ2) is 8.17. The number of halogens is 1. The molecular formula is C25H19ClN2O4S. The van der Waals surface area contributed by atoms with Crippen LogP contribution in [0.3, 0.4) is 0 Å². The summed E-state index contributed by atoms with van der Waals surface area (Å²) in [5.41, 5.74) is 2.22. The summed E-state index contributed by atoms with van der Waals surface area (Å²) < 4.78 is 6.74. The van der Waals surface area contributed by atoms with Gasteiger partial charge >= 0.3 is 5.91 Å². The van der Waals surface area contributed by atoms with Crippen molar-refractivity contribution in [1.82, 2.24) is 4.98 Å². The monoisotopic (exact) mass is 478 g/mol. The van der Waals surface area contributed by atoms with Gasteiger partial charge in [0.05, 0.1) is 15.8 Å². The van der Waals surface area contributed by atoms with E-state index in [0.29, 0.717) is 27.2 Å². The number of hydrogen-bond donors (Lipinski definition) is 1. The number of Topliss-reactive ketones (excluding diaryl/α,β-unsaturated/α-hetero) is 1. The fraction of sp³-hybridized carbons (Fsp3) is 0.160. The second-order valence-corrected chi connectivity index (χ2v) is 9.22. The standard InChI is InChI=1S/C25H19ClN2O4S/c1-3-14-5-10-17-19(12-14)33-25(27-17)28-21(18-11-4-13(2)32-18)20(23(30)24(28)31)22(29)15-6-8-16(26)9-7-15/h4-12,21,29H,3H2,1-2H3/b22-20+/t21-/m1/s1. The molecule has 1 aliphatic rings. The maximum Gasteiger partial charge on any atom is 0.302 e. The fourth-order valence-corrected chi connectivity index (χ4v) is 5.12.